The first kappa shape index (κ1) is 18.6. The minimum atomic E-state index is 0.169. The Hall–Kier alpha value is -0.410. The molecule has 1 N–H and O–H groups in total. The molecule has 0 amide bonds. The van der Waals surface area contributed by atoms with E-state index >= 15 is 0 Å². The smallest absolute Gasteiger partial charge is 0.0944 e. The molecule has 0 aliphatic carbocycles. The Bertz CT molecular complexity index is 379. The fraction of sp³-hybridized carbons (Fsp3) is 0.833. The van der Waals surface area contributed by atoms with Gasteiger partial charge in [-0.15, -0.1) is 11.3 Å². The summed E-state index contributed by atoms with van der Waals surface area (Å²) in [6.45, 7) is 12.4. The van der Waals surface area contributed by atoms with E-state index in [2.05, 4.69) is 45.3 Å². The van der Waals surface area contributed by atoms with Crippen LogP contribution in [-0.2, 0) is 11.8 Å². The van der Waals surface area contributed by atoms with Crippen LogP contribution < -0.4 is 5.32 Å². The van der Waals surface area contributed by atoms with Gasteiger partial charge in [-0.2, -0.15) is 0 Å². The fourth-order valence-corrected chi connectivity index (χ4v) is 3.50. The first-order valence-electron chi connectivity index (χ1n) is 8.65. The third-order valence-corrected chi connectivity index (χ3v) is 4.70. The van der Waals surface area contributed by atoms with Gasteiger partial charge in [0.2, 0.25) is 0 Å². The SMILES string of the molecule is CCCCCCC(Cc1nc(C(C)(C)C)cs1)NCCC. The zero-order valence-corrected chi connectivity index (χ0v) is 15.5. The topological polar surface area (TPSA) is 24.9 Å². The molecule has 0 radical (unpaired) electrons. The summed E-state index contributed by atoms with van der Waals surface area (Å²) in [6, 6.07) is 0.598. The van der Waals surface area contributed by atoms with Gasteiger partial charge in [-0.05, 0) is 19.4 Å². The second-order valence-corrected chi connectivity index (χ2v) is 8.02. The highest BCUT2D eigenvalue weighted by Gasteiger charge is 2.18. The van der Waals surface area contributed by atoms with E-state index in [-0.39, 0.29) is 5.41 Å². The zero-order valence-electron chi connectivity index (χ0n) is 14.7. The van der Waals surface area contributed by atoms with E-state index in [9.17, 15) is 0 Å². The molecule has 2 nitrogen and oxygen atoms in total. The Morgan fingerprint density at radius 2 is 1.90 bits per heavy atom. The maximum atomic E-state index is 4.85. The van der Waals surface area contributed by atoms with Crippen LogP contribution in [0.1, 0.15) is 83.8 Å². The summed E-state index contributed by atoms with van der Waals surface area (Å²) in [7, 11) is 0. The van der Waals surface area contributed by atoms with Gasteiger partial charge < -0.3 is 5.32 Å². The van der Waals surface area contributed by atoms with E-state index < -0.39 is 0 Å². The second kappa shape index (κ2) is 9.58. The standard InChI is InChI=1S/C18H34N2S/c1-6-8-9-10-11-15(19-12-7-2)13-17-20-16(14-21-17)18(3,4)5/h14-15,19H,6-13H2,1-5H3. The van der Waals surface area contributed by atoms with Gasteiger partial charge in [0.25, 0.3) is 0 Å². The van der Waals surface area contributed by atoms with E-state index in [1.807, 2.05) is 11.3 Å². The van der Waals surface area contributed by atoms with Crippen LogP contribution in [0.5, 0.6) is 0 Å². The fourth-order valence-electron chi connectivity index (χ4n) is 2.40. The molecule has 1 heterocycles. The number of rotatable bonds is 10. The Morgan fingerprint density at radius 3 is 2.48 bits per heavy atom. The molecule has 1 aromatic heterocycles. The summed E-state index contributed by atoms with van der Waals surface area (Å²) < 4.78 is 0. The lowest BCUT2D eigenvalue weighted by Crippen LogP contribution is -2.31. The molecule has 0 aliphatic rings. The highest BCUT2D eigenvalue weighted by Crippen LogP contribution is 2.25. The molecule has 0 aliphatic heterocycles. The van der Waals surface area contributed by atoms with Crippen molar-refractivity contribution in [1.29, 1.82) is 0 Å². The van der Waals surface area contributed by atoms with Gasteiger partial charge in [0.15, 0.2) is 0 Å². The monoisotopic (exact) mass is 310 g/mol. The lowest BCUT2D eigenvalue weighted by atomic mass is 9.93. The molecule has 0 saturated carbocycles. The van der Waals surface area contributed by atoms with Crippen LogP contribution in [-0.4, -0.2) is 17.6 Å². The number of unbranched alkanes of at least 4 members (excludes halogenated alkanes) is 3. The number of hydrogen-bond donors (Lipinski definition) is 1. The van der Waals surface area contributed by atoms with Gasteiger partial charge in [0, 0.05) is 23.3 Å². The van der Waals surface area contributed by atoms with Crippen LogP contribution >= 0.6 is 11.3 Å². The lowest BCUT2D eigenvalue weighted by molar-refractivity contribution is 0.451. The first-order valence-corrected chi connectivity index (χ1v) is 9.53. The predicted octanol–water partition coefficient (Wildman–Crippen LogP) is 5.32. The van der Waals surface area contributed by atoms with Gasteiger partial charge >= 0.3 is 0 Å². The Labute approximate surface area is 135 Å². The van der Waals surface area contributed by atoms with Crippen molar-refractivity contribution in [1.82, 2.24) is 10.3 Å². The van der Waals surface area contributed by atoms with Crippen molar-refractivity contribution in [3.05, 3.63) is 16.1 Å². The summed E-state index contributed by atoms with van der Waals surface area (Å²) in [5.74, 6) is 0. The largest absolute Gasteiger partial charge is 0.314 e. The van der Waals surface area contributed by atoms with Crippen molar-refractivity contribution < 1.29 is 0 Å². The third kappa shape index (κ3) is 7.42. The second-order valence-electron chi connectivity index (χ2n) is 7.08. The van der Waals surface area contributed by atoms with E-state index in [1.54, 1.807) is 0 Å². The molecule has 1 atom stereocenters. The maximum absolute atomic E-state index is 4.85. The molecule has 122 valence electrons. The van der Waals surface area contributed by atoms with Crippen LogP contribution in [0.2, 0.25) is 0 Å². The van der Waals surface area contributed by atoms with Gasteiger partial charge in [-0.25, -0.2) is 4.98 Å². The van der Waals surface area contributed by atoms with Crippen molar-refractivity contribution in [3.8, 4) is 0 Å². The van der Waals surface area contributed by atoms with Crippen LogP contribution in [0.3, 0.4) is 0 Å². The normalized spacial score (nSPS) is 13.6. The highest BCUT2D eigenvalue weighted by molar-refractivity contribution is 7.09. The minimum Gasteiger partial charge on any atom is -0.314 e. The number of hydrogen-bond acceptors (Lipinski definition) is 3. The molecule has 0 bridgehead atoms. The Kier molecular flexibility index (Phi) is 8.50. The van der Waals surface area contributed by atoms with E-state index in [0.29, 0.717) is 6.04 Å². The molecular weight excluding hydrogens is 276 g/mol. The van der Waals surface area contributed by atoms with Crippen LogP contribution in [0.25, 0.3) is 0 Å². The molecule has 0 aromatic carbocycles. The summed E-state index contributed by atoms with van der Waals surface area (Å²) in [6.07, 6.45) is 8.97. The number of nitrogens with one attached hydrogen (secondary N) is 1. The average molecular weight is 311 g/mol. The summed E-state index contributed by atoms with van der Waals surface area (Å²) in [5.41, 5.74) is 1.41. The predicted molar refractivity (Wildman–Crippen MR) is 95.4 cm³/mol. The van der Waals surface area contributed by atoms with Crippen molar-refractivity contribution in [2.45, 2.75) is 91.0 Å². The summed E-state index contributed by atoms with van der Waals surface area (Å²) in [5, 5.41) is 7.24. The van der Waals surface area contributed by atoms with E-state index in [0.717, 1.165) is 13.0 Å². The first-order chi connectivity index (χ1) is 9.97. The molecular formula is C18H34N2S. The molecule has 1 aromatic rings. The van der Waals surface area contributed by atoms with Crippen molar-refractivity contribution >= 4 is 11.3 Å². The molecule has 0 spiro atoms. The number of nitrogens with zero attached hydrogens (tertiary/aromatic N) is 1. The Morgan fingerprint density at radius 1 is 1.14 bits per heavy atom. The van der Waals surface area contributed by atoms with Crippen LogP contribution in [0.15, 0.2) is 5.38 Å². The minimum absolute atomic E-state index is 0.169. The highest BCUT2D eigenvalue weighted by atomic mass is 32.1. The zero-order chi connectivity index (χ0) is 15.7. The van der Waals surface area contributed by atoms with E-state index in [1.165, 1.54) is 49.2 Å². The van der Waals surface area contributed by atoms with E-state index in [4.69, 9.17) is 4.98 Å². The molecule has 1 rings (SSSR count). The van der Waals surface area contributed by atoms with Gasteiger partial charge in [-0.1, -0.05) is 60.3 Å². The summed E-state index contributed by atoms with van der Waals surface area (Å²) in [4.78, 5) is 4.85. The lowest BCUT2D eigenvalue weighted by Gasteiger charge is -2.18. The molecule has 21 heavy (non-hydrogen) atoms. The number of aromatic nitrogens is 1. The Balaban J connectivity index is 2.52. The number of thiazole rings is 1. The van der Waals surface area contributed by atoms with Crippen molar-refractivity contribution in [3.63, 3.8) is 0 Å². The quantitative estimate of drug-likeness (QED) is 0.591. The third-order valence-electron chi connectivity index (χ3n) is 3.83. The van der Waals surface area contributed by atoms with Crippen molar-refractivity contribution in [2.75, 3.05) is 6.54 Å². The van der Waals surface area contributed by atoms with Crippen LogP contribution in [0, 0.1) is 0 Å². The van der Waals surface area contributed by atoms with Gasteiger partial charge in [0.1, 0.15) is 0 Å². The van der Waals surface area contributed by atoms with Crippen molar-refractivity contribution in [2.24, 2.45) is 0 Å². The van der Waals surface area contributed by atoms with Crippen LogP contribution in [0.4, 0.5) is 0 Å². The molecule has 1 unspecified atom stereocenters. The molecule has 3 heteroatoms. The average Bonchev–Trinajstić information content (AvgIpc) is 2.89. The molecule has 0 fully saturated rings. The maximum Gasteiger partial charge on any atom is 0.0944 e. The van der Waals surface area contributed by atoms with Gasteiger partial charge in [0.05, 0.1) is 10.7 Å². The van der Waals surface area contributed by atoms with Gasteiger partial charge in [-0.3, -0.25) is 0 Å². The summed E-state index contributed by atoms with van der Waals surface area (Å²) >= 11 is 1.83. The molecule has 0 saturated heterocycles.